The average molecular weight is 332 g/mol. The molecule has 1 N–H and O–H groups in total. The number of para-hydroxylation sites is 1. The summed E-state index contributed by atoms with van der Waals surface area (Å²) < 4.78 is 27.1. The summed E-state index contributed by atoms with van der Waals surface area (Å²) in [5.74, 6) is -0.429. The molecule has 1 aliphatic rings. The van der Waals surface area contributed by atoms with Crippen LogP contribution in [0.4, 0.5) is 11.4 Å². The van der Waals surface area contributed by atoms with Gasteiger partial charge in [0.15, 0.2) is 0 Å². The maximum absolute atomic E-state index is 12.3. The SMILES string of the molecule is O=[N+]([O-])c1ccccc1CS(=O)(=O)Nc1ccc2c(c1)CCC2. The van der Waals surface area contributed by atoms with Gasteiger partial charge in [0.2, 0.25) is 10.0 Å². The third kappa shape index (κ3) is 3.50. The fourth-order valence-electron chi connectivity index (χ4n) is 2.87. The maximum Gasteiger partial charge on any atom is 0.273 e. The van der Waals surface area contributed by atoms with E-state index in [2.05, 4.69) is 4.72 Å². The Morgan fingerprint density at radius 1 is 1.09 bits per heavy atom. The molecule has 0 aliphatic heterocycles. The summed E-state index contributed by atoms with van der Waals surface area (Å²) >= 11 is 0. The van der Waals surface area contributed by atoms with Gasteiger partial charge in [-0.3, -0.25) is 14.8 Å². The van der Waals surface area contributed by atoms with E-state index in [-0.39, 0.29) is 11.3 Å². The van der Waals surface area contributed by atoms with Gasteiger partial charge in [0.1, 0.15) is 5.75 Å². The first-order chi connectivity index (χ1) is 10.9. The van der Waals surface area contributed by atoms with Crippen molar-refractivity contribution in [1.29, 1.82) is 0 Å². The largest absolute Gasteiger partial charge is 0.283 e. The van der Waals surface area contributed by atoms with Crippen LogP contribution in [-0.4, -0.2) is 13.3 Å². The van der Waals surface area contributed by atoms with E-state index in [9.17, 15) is 18.5 Å². The van der Waals surface area contributed by atoms with Crippen molar-refractivity contribution < 1.29 is 13.3 Å². The Hall–Kier alpha value is -2.41. The highest BCUT2D eigenvalue weighted by molar-refractivity contribution is 7.91. The number of nitrogens with zero attached hydrogens (tertiary/aromatic N) is 1. The van der Waals surface area contributed by atoms with Gasteiger partial charge in [0.05, 0.1) is 4.92 Å². The number of nitro groups is 1. The third-order valence-electron chi connectivity index (χ3n) is 3.91. The second-order valence-electron chi connectivity index (χ2n) is 5.58. The van der Waals surface area contributed by atoms with Crippen molar-refractivity contribution in [3.63, 3.8) is 0 Å². The molecule has 6 nitrogen and oxygen atoms in total. The van der Waals surface area contributed by atoms with Crippen LogP contribution in [0.1, 0.15) is 23.1 Å². The summed E-state index contributed by atoms with van der Waals surface area (Å²) in [6.45, 7) is 0. The molecule has 120 valence electrons. The summed E-state index contributed by atoms with van der Waals surface area (Å²) in [7, 11) is -3.72. The molecule has 1 aliphatic carbocycles. The van der Waals surface area contributed by atoms with Crippen molar-refractivity contribution in [2.75, 3.05) is 4.72 Å². The van der Waals surface area contributed by atoms with Crippen molar-refractivity contribution in [1.82, 2.24) is 0 Å². The Bertz CT molecular complexity index is 862. The molecule has 0 unspecified atom stereocenters. The Kier molecular flexibility index (Phi) is 4.04. The molecule has 0 spiro atoms. The molecule has 0 aromatic heterocycles. The predicted molar refractivity (Wildman–Crippen MR) is 87.8 cm³/mol. The lowest BCUT2D eigenvalue weighted by molar-refractivity contribution is -0.385. The highest BCUT2D eigenvalue weighted by Gasteiger charge is 2.20. The minimum Gasteiger partial charge on any atom is -0.283 e. The molecule has 0 radical (unpaired) electrons. The summed E-state index contributed by atoms with van der Waals surface area (Å²) in [5, 5.41) is 11.0. The molecule has 0 bridgehead atoms. The molecular formula is C16H16N2O4S. The monoisotopic (exact) mass is 332 g/mol. The van der Waals surface area contributed by atoms with Crippen molar-refractivity contribution in [2.24, 2.45) is 0 Å². The number of nitrogens with one attached hydrogen (secondary N) is 1. The second-order valence-corrected chi connectivity index (χ2v) is 7.31. The summed E-state index contributed by atoms with van der Waals surface area (Å²) in [6, 6.07) is 11.4. The number of benzene rings is 2. The summed E-state index contributed by atoms with van der Waals surface area (Å²) in [5.41, 5.74) is 2.91. The number of rotatable bonds is 5. The molecule has 3 rings (SSSR count). The van der Waals surface area contributed by atoms with E-state index in [1.54, 1.807) is 12.1 Å². The van der Waals surface area contributed by atoms with E-state index < -0.39 is 20.7 Å². The zero-order valence-electron chi connectivity index (χ0n) is 12.4. The first kappa shape index (κ1) is 15.5. The number of nitro benzene ring substituents is 1. The molecule has 2 aromatic carbocycles. The fourth-order valence-corrected chi connectivity index (χ4v) is 4.08. The molecule has 23 heavy (non-hydrogen) atoms. The van der Waals surface area contributed by atoms with Gasteiger partial charge in [-0.2, -0.15) is 0 Å². The minimum absolute atomic E-state index is 0.172. The van der Waals surface area contributed by atoms with Gasteiger partial charge in [0, 0.05) is 17.3 Å². The first-order valence-electron chi connectivity index (χ1n) is 7.29. The molecule has 0 saturated heterocycles. The number of hydrogen-bond acceptors (Lipinski definition) is 4. The van der Waals surface area contributed by atoms with Crippen molar-refractivity contribution in [3.8, 4) is 0 Å². The van der Waals surface area contributed by atoms with Gasteiger partial charge in [-0.15, -0.1) is 0 Å². The summed E-state index contributed by atoms with van der Waals surface area (Å²) in [4.78, 5) is 10.4. The smallest absolute Gasteiger partial charge is 0.273 e. The second kappa shape index (κ2) is 6.00. The predicted octanol–water partition coefficient (Wildman–Crippen LogP) is 3.03. The highest BCUT2D eigenvalue weighted by Crippen LogP contribution is 2.26. The van der Waals surface area contributed by atoms with Crippen LogP contribution in [0.3, 0.4) is 0 Å². The quantitative estimate of drug-likeness (QED) is 0.673. The third-order valence-corrected chi connectivity index (χ3v) is 5.14. The Balaban J connectivity index is 1.81. The van der Waals surface area contributed by atoms with Crippen molar-refractivity contribution >= 4 is 21.4 Å². The maximum atomic E-state index is 12.3. The minimum atomic E-state index is -3.72. The highest BCUT2D eigenvalue weighted by atomic mass is 32.2. The van der Waals surface area contributed by atoms with Crippen LogP contribution in [0.2, 0.25) is 0 Å². The van der Waals surface area contributed by atoms with E-state index in [0.717, 1.165) is 24.8 Å². The zero-order chi connectivity index (χ0) is 16.4. The van der Waals surface area contributed by atoms with Crippen LogP contribution in [0, 0.1) is 10.1 Å². The van der Waals surface area contributed by atoms with Crippen molar-refractivity contribution in [2.45, 2.75) is 25.0 Å². The Morgan fingerprint density at radius 2 is 1.83 bits per heavy atom. The normalized spacial score (nSPS) is 13.6. The topological polar surface area (TPSA) is 89.3 Å². The van der Waals surface area contributed by atoms with E-state index in [4.69, 9.17) is 0 Å². The van der Waals surface area contributed by atoms with E-state index >= 15 is 0 Å². The van der Waals surface area contributed by atoms with Gasteiger partial charge in [-0.1, -0.05) is 24.3 Å². The lowest BCUT2D eigenvalue weighted by Gasteiger charge is -2.10. The molecule has 0 saturated carbocycles. The van der Waals surface area contributed by atoms with Gasteiger partial charge >= 0.3 is 0 Å². The molecule has 0 fully saturated rings. The summed E-state index contributed by atoms with van der Waals surface area (Å²) in [6.07, 6.45) is 3.06. The number of sulfonamides is 1. The van der Waals surface area contributed by atoms with Gasteiger partial charge in [-0.25, -0.2) is 8.42 Å². The van der Waals surface area contributed by atoms with Crippen LogP contribution >= 0.6 is 0 Å². The van der Waals surface area contributed by atoms with Gasteiger partial charge in [-0.05, 0) is 42.5 Å². The van der Waals surface area contributed by atoms with Crippen LogP contribution in [-0.2, 0) is 28.6 Å². The number of aryl methyl sites for hydroxylation is 2. The molecule has 0 heterocycles. The zero-order valence-corrected chi connectivity index (χ0v) is 13.2. The lowest BCUT2D eigenvalue weighted by Crippen LogP contribution is -2.16. The first-order valence-corrected chi connectivity index (χ1v) is 8.94. The molecule has 0 atom stereocenters. The molecule has 2 aromatic rings. The van der Waals surface area contributed by atoms with Gasteiger partial charge < -0.3 is 0 Å². The number of anilines is 1. The van der Waals surface area contributed by atoms with E-state index in [0.29, 0.717) is 5.69 Å². The molecule has 0 amide bonds. The number of hydrogen-bond donors (Lipinski definition) is 1. The van der Waals surface area contributed by atoms with Crippen LogP contribution < -0.4 is 4.72 Å². The lowest BCUT2D eigenvalue weighted by atomic mass is 10.1. The fraction of sp³-hybridized carbons (Fsp3) is 0.250. The standard InChI is InChI=1S/C16H16N2O4S/c19-18(20)16-7-2-1-4-14(16)11-23(21,22)17-15-9-8-12-5-3-6-13(12)10-15/h1-2,4,7-10,17H,3,5-6,11H2. The Labute approximate surface area is 134 Å². The van der Waals surface area contributed by atoms with Crippen molar-refractivity contribution in [3.05, 3.63) is 69.3 Å². The van der Waals surface area contributed by atoms with Crippen LogP contribution in [0.5, 0.6) is 0 Å². The molecule has 7 heteroatoms. The van der Waals surface area contributed by atoms with Crippen LogP contribution in [0.15, 0.2) is 42.5 Å². The van der Waals surface area contributed by atoms with Gasteiger partial charge in [0.25, 0.3) is 5.69 Å². The number of fused-ring (bicyclic) bond motifs is 1. The van der Waals surface area contributed by atoms with E-state index in [1.807, 2.05) is 12.1 Å². The molecular weight excluding hydrogens is 316 g/mol. The van der Waals surface area contributed by atoms with E-state index in [1.165, 1.54) is 23.8 Å². The average Bonchev–Trinajstić information content (AvgIpc) is 2.94. The Morgan fingerprint density at radius 3 is 2.61 bits per heavy atom. The van der Waals surface area contributed by atoms with Crippen LogP contribution in [0.25, 0.3) is 0 Å².